The molecular weight excluding hydrogens is 356 g/mol. The highest BCUT2D eigenvalue weighted by Crippen LogP contribution is 2.32. The molecule has 1 aromatic carbocycles. The summed E-state index contributed by atoms with van der Waals surface area (Å²) in [6.07, 6.45) is 3.40. The maximum absolute atomic E-state index is 12.7. The van der Waals surface area contributed by atoms with E-state index in [0.29, 0.717) is 32.0 Å². The molecule has 0 bridgehead atoms. The van der Waals surface area contributed by atoms with Crippen molar-refractivity contribution >= 4 is 11.7 Å². The second kappa shape index (κ2) is 8.31. The highest BCUT2D eigenvalue weighted by Gasteiger charge is 2.23. The summed E-state index contributed by atoms with van der Waals surface area (Å²) in [6.45, 7) is 8.53. The minimum Gasteiger partial charge on any atom is -0.454 e. The first kappa shape index (κ1) is 18.3. The number of hydrogen-bond acceptors (Lipinski definition) is 6. The fraction of sp³-hybridized carbons (Fsp3) is 0.333. The number of piperazine rings is 1. The van der Waals surface area contributed by atoms with Gasteiger partial charge in [0.15, 0.2) is 11.5 Å². The Hall–Kier alpha value is -3.06. The van der Waals surface area contributed by atoms with Gasteiger partial charge >= 0.3 is 0 Å². The van der Waals surface area contributed by atoms with Crippen molar-refractivity contribution < 1.29 is 14.3 Å². The van der Waals surface area contributed by atoms with Crippen molar-refractivity contribution in [1.29, 1.82) is 0 Å². The maximum atomic E-state index is 12.7. The quantitative estimate of drug-likeness (QED) is 0.776. The van der Waals surface area contributed by atoms with Crippen LogP contribution in [0.4, 0.5) is 5.82 Å². The van der Waals surface area contributed by atoms with E-state index in [0.717, 1.165) is 37.0 Å². The van der Waals surface area contributed by atoms with Gasteiger partial charge in [-0.2, -0.15) is 0 Å². The minimum absolute atomic E-state index is 0.0329. The van der Waals surface area contributed by atoms with E-state index >= 15 is 0 Å². The normalized spacial score (nSPS) is 16.1. The van der Waals surface area contributed by atoms with Gasteiger partial charge in [-0.1, -0.05) is 12.1 Å². The van der Waals surface area contributed by atoms with E-state index in [1.807, 2.05) is 29.2 Å². The summed E-state index contributed by atoms with van der Waals surface area (Å²) in [5.74, 6) is 2.39. The standard InChI is InChI=1S/C21H24N4O3/c1-2-7-22-20-6-4-17(13-23-20)21(26)25-10-8-24(9-11-25)14-16-3-5-18-19(12-16)28-15-27-18/h2-6,12-13H,1,7-11,14-15H2,(H,22,23). The third kappa shape index (κ3) is 4.09. The van der Waals surface area contributed by atoms with Crippen LogP contribution in [-0.4, -0.2) is 60.2 Å². The van der Waals surface area contributed by atoms with Gasteiger partial charge in [0.25, 0.3) is 5.91 Å². The Morgan fingerprint density at radius 1 is 1.14 bits per heavy atom. The molecule has 0 unspecified atom stereocenters. The van der Waals surface area contributed by atoms with E-state index in [9.17, 15) is 4.79 Å². The SMILES string of the molecule is C=CCNc1ccc(C(=O)N2CCN(Cc3ccc4c(c3)OCO4)CC2)cn1. The Morgan fingerprint density at radius 3 is 2.71 bits per heavy atom. The molecule has 0 atom stereocenters. The molecule has 2 aromatic rings. The first-order chi connectivity index (χ1) is 13.7. The smallest absolute Gasteiger partial charge is 0.255 e. The van der Waals surface area contributed by atoms with Gasteiger partial charge in [0, 0.05) is 45.5 Å². The summed E-state index contributed by atoms with van der Waals surface area (Å²) >= 11 is 0. The minimum atomic E-state index is 0.0329. The monoisotopic (exact) mass is 380 g/mol. The van der Waals surface area contributed by atoms with Crippen LogP contribution in [0, 0.1) is 0 Å². The molecule has 1 amide bonds. The first-order valence-corrected chi connectivity index (χ1v) is 9.44. The Kier molecular flexibility index (Phi) is 5.43. The lowest BCUT2D eigenvalue weighted by molar-refractivity contribution is 0.0628. The van der Waals surface area contributed by atoms with Crippen molar-refractivity contribution in [1.82, 2.24) is 14.8 Å². The predicted octanol–water partition coefficient (Wildman–Crippen LogP) is 2.37. The van der Waals surface area contributed by atoms with Crippen LogP contribution in [0.3, 0.4) is 0 Å². The van der Waals surface area contributed by atoms with Crippen LogP contribution in [0.5, 0.6) is 11.5 Å². The van der Waals surface area contributed by atoms with Gasteiger partial charge in [0.05, 0.1) is 5.56 Å². The number of nitrogens with one attached hydrogen (secondary N) is 1. The summed E-state index contributed by atoms with van der Waals surface area (Å²) in [6, 6.07) is 9.70. The molecule has 7 nitrogen and oxygen atoms in total. The number of hydrogen-bond donors (Lipinski definition) is 1. The van der Waals surface area contributed by atoms with Crippen LogP contribution in [0.25, 0.3) is 0 Å². The third-order valence-corrected chi connectivity index (χ3v) is 4.94. The number of amides is 1. The van der Waals surface area contributed by atoms with Crippen molar-refractivity contribution in [3.63, 3.8) is 0 Å². The number of pyridine rings is 1. The topological polar surface area (TPSA) is 66.9 Å². The summed E-state index contributed by atoms with van der Waals surface area (Å²) in [7, 11) is 0. The van der Waals surface area contributed by atoms with Gasteiger partial charge in [0.1, 0.15) is 5.82 Å². The molecule has 0 radical (unpaired) electrons. The molecule has 1 saturated heterocycles. The van der Waals surface area contributed by atoms with Gasteiger partial charge < -0.3 is 19.7 Å². The largest absolute Gasteiger partial charge is 0.454 e. The number of carbonyl (C=O) groups is 1. The summed E-state index contributed by atoms with van der Waals surface area (Å²) in [5, 5.41) is 3.11. The summed E-state index contributed by atoms with van der Waals surface area (Å²) < 4.78 is 10.8. The van der Waals surface area contributed by atoms with Crippen molar-refractivity contribution in [3.8, 4) is 11.5 Å². The maximum Gasteiger partial charge on any atom is 0.255 e. The van der Waals surface area contributed by atoms with Gasteiger partial charge in [-0.3, -0.25) is 9.69 Å². The van der Waals surface area contributed by atoms with E-state index in [-0.39, 0.29) is 5.91 Å². The Morgan fingerprint density at radius 2 is 1.96 bits per heavy atom. The fourth-order valence-corrected chi connectivity index (χ4v) is 3.39. The molecule has 0 aliphatic carbocycles. The first-order valence-electron chi connectivity index (χ1n) is 9.44. The van der Waals surface area contributed by atoms with Crippen LogP contribution < -0.4 is 14.8 Å². The van der Waals surface area contributed by atoms with Crippen LogP contribution in [0.15, 0.2) is 49.2 Å². The van der Waals surface area contributed by atoms with E-state index in [2.05, 4.69) is 27.8 Å². The second-order valence-electron chi connectivity index (χ2n) is 6.86. The Bertz CT molecular complexity index is 845. The van der Waals surface area contributed by atoms with Crippen LogP contribution in [-0.2, 0) is 6.54 Å². The molecule has 1 fully saturated rings. The van der Waals surface area contributed by atoms with Gasteiger partial charge in [-0.15, -0.1) is 6.58 Å². The fourth-order valence-electron chi connectivity index (χ4n) is 3.39. The summed E-state index contributed by atoms with van der Waals surface area (Å²) in [5.41, 5.74) is 1.81. The average Bonchev–Trinajstić information content (AvgIpc) is 3.20. The molecule has 3 heterocycles. The van der Waals surface area contributed by atoms with E-state index in [1.54, 1.807) is 12.3 Å². The molecule has 0 saturated carbocycles. The predicted molar refractivity (Wildman–Crippen MR) is 107 cm³/mol. The lowest BCUT2D eigenvalue weighted by atomic mass is 10.1. The average molecular weight is 380 g/mol. The molecule has 146 valence electrons. The highest BCUT2D eigenvalue weighted by atomic mass is 16.7. The van der Waals surface area contributed by atoms with Crippen molar-refractivity contribution in [2.75, 3.05) is 44.8 Å². The van der Waals surface area contributed by atoms with Crippen molar-refractivity contribution in [3.05, 3.63) is 60.3 Å². The van der Waals surface area contributed by atoms with Gasteiger partial charge in [-0.05, 0) is 29.8 Å². The van der Waals surface area contributed by atoms with Gasteiger partial charge in [0.2, 0.25) is 6.79 Å². The van der Waals surface area contributed by atoms with Crippen molar-refractivity contribution in [2.24, 2.45) is 0 Å². The highest BCUT2D eigenvalue weighted by molar-refractivity contribution is 5.94. The molecule has 7 heteroatoms. The zero-order chi connectivity index (χ0) is 19.3. The molecule has 0 spiro atoms. The van der Waals surface area contributed by atoms with E-state index < -0.39 is 0 Å². The van der Waals surface area contributed by atoms with Crippen LogP contribution >= 0.6 is 0 Å². The molecule has 1 aromatic heterocycles. The zero-order valence-corrected chi connectivity index (χ0v) is 15.8. The molecule has 2 aliphatic rings. The Labute approximate surface area is 164 Å². The van der Waals surface area contributed by atoms with Crippen molar-refractivity contribution in [2.45, 2.75) is 6.54 Å². The number of benzene rings is 1. The second-order valence-corrected chi connectivity index (χ2v) is 6.86. The third-order valence-electron chi connectivity index (χ3n) is 4.94. The molecule has 4 rings (SSSR count). The molecule has 28 heavy (non-hydrogen) atoms. The van der Waals surface area contributed by atoms with Crippen LogP contribution in [0.1, 0.15) is 15.9 Å². The number of aromatic nitrogens is 1. The number of fused-ring (bicyclic) bond motifs is 1. The van der Waals surface area contributed by atoms with Gasteiger partial charge in [-0.25, -0.2) is 4.98 Å². The van der Waals surface area contributed by atoms with E-state index in [4.69, 9.17) is 9.47 Å². The molecule has 2 aliphatic heterocycles. The number of ether oxygens (including phenoxy) is 2. The summed E-state index contributed by atoms with van der Waals surface area (Å²) in [4.78, 5) is 21.3. The van der Waals surface area contributed by atoms with Crippen LogP contribution in [0.2, 0.25) is 0 Å². The number of rotatable bonds is 6. The molecular formula is C21H24N4O3. The number of carbonyl (C=O) groups excluding carboxylic acids is 1. The molecule has 1 N–H and O–H groups in total. The zero-order valence-electron chi connectivity index (χ0n) is 15.8. The Balaban J connectivity index is 1.29. The van der Waals surface area contributed by atoms with E-state index in [1.165, 1.54) is 5.56 Å². The lowest BCUT2D eigenvalue weighted by Crippen LogP contribution is -2.48. The number of nitrogens with zero attached hydrogens (tertiary/aromatic N) is 3. The lowest BCUT2D eigenvalue weighted by Gasteiger charge is -2.34. The number of anilines is 1.